The minimum Gasteiger partial charge on any atom is -0.495 e. The van der Waals surface area contributed by atoms with Crippen LogP contribution in [0.4, 0.5) is 5.69 Å². The van der Waals surface area contributed by atoms with Crippen LogP contribution in [0.2, 0.25) is 0 Å². The summed E-state index contributed by atoms with van der Waals surface area (Å²) in [6.07, 6.45) is -1.07. The van der Waals surface area contributed by atoms with Gasteiger partial charge in [0.15, 0.2) is 6.10 Å². The smallest absolute Gasteiger partial charge is 0.339 e. The van der Waals surface area contributed by atoms with Crippen molar-refractivity contribution in [2.45, 2.75) is 20.0 Å². The molecule has 2 N–H and O–H groups in total. The molecule has 1 aromatic heterocycles. The van der Waals surface area contributed by atoms with E-state index in [1.807, 2.05) is 13.0 Å². The number of anilines is 1. The number of aryl methyl sites for hydroxylation is 1. The number of benzene rings is 2. The number of amides is 1. The van der Waals surface area contributed by atoms with Gasteiger partial charge >= 0.3 is 5.97 Å². The Morgan fingerprint density at radius 1 is 1.11 bits per heavy atom. The molecule has 1 unspecified atom stereocenters. The molecule has 7 nitrogen and oxygen atoms in total. The van der Waals surface area contributed by atoms with Crippen molar-refractivity contribution in [2.24, 2.45) is 0 Å². The largest absolute Gasteiger partial charge is 0.495 e. The van der Waals surface area contributed by atoms with Crippen molar-refractivity contribution in [3.63, 3.8) is 0 Å². The van der Waals surface area contributed by atoms with E-state index >= 15 is 0 Å². The number of nitrogens with one attached hydrogen (secondary N) is 2. The van der Waals surface area contributed by atoms with Crippen LogP contribution in [-0.2, 0) is 9.53 Å². The summed E-state index contributed by atoms with van der Waals surface area (Å²) in [5.74, 6) is -0.759. The van der Waals surface area contributed by atoms with Crippen LogP contribution in [-0.4, -0.2) is 30.1 Å². The van der Waals surface area contributed by atoms with Gasteiger partial charge in [-0.2, -0.15) is 0 Å². The van der Waals surface area contributed by atoms with Crippen molar-refractivity contribution in [3.05, 3.63) is 70.0 Å². The van der Waals surface area contributed by atoms with Gasteiger partial charge < -0.3 is 19.8 Å². The number of esters is 1. The molecule has 1 amide bonds. The molecule has 3 aromatic rings. The first-order valence-corrected chi connectivity index (χ1v) is 8.67. The number of rotatable bonds is 5. The molecule has 0 aliphatic heterocycles. The molecule has 0 aliphatic carbocycles. The van der Waals surface area contributed by atoms with Crippen molar-refractivity contribution >= 4 is 28.5 Å². The van der Waals surface area contributed by atoms with E-state index in [4.69, 9.17) is 9.47 Å². The number of hydrogen-bond donors (Lipinski definition) is 2. The number of aromatic amines is 1. The molecule has 2 aromatic carbocycles. The molecular formula is C21H20N2O5. The summed E-state index contributed by atoms with van der Waals surface area (Å²) in [4.78, 5) is 39.5. The third-order valence-electron chi connectivity index (χ3n) is 4.24. The van der Waals surface area contributed by atoms with Crippen LogP contribution < -0.4 is 15.6 Å². The van der Waals surface area contributed by atoms with Gasteiger partial charge in [-0.15, -0.1) is 0 Å². The van der Waals surface area contributed by atoms with Crippen LogP contribution in [0.15, 0.2) is 53.3 Å². The molecule has 3 rings (SSSR count). The number of carbonyl (C=O) groups is 2. The highest BCUT2D eigenvalue weighted by atomic mass is 16.5. The van der Waals surface area contributed by atoms with Crippen LogP contribution in [0.25, 0.3) is 10.9 Å². The molecule has 0 aliphatic rings. The lowest BCUT2D eigenvalue weighted by molar-refractivity contribution is -0.123. The van der Waals surface area contributed by atoms with E-state index in [1.165, 1.54) is 20.1 Å². The average molecular weight is 380 g/mol. The highest BCUT2D eigenvalue weighted by Gasteiger charge is 2.22. The molecule has 0 bridgehead atoms. The Labute approximate surface area is 161 Å². The second-order valence-electron chi connectivity index (χ2n) is 6.33. The number of para-hydroxylation sites is 1. The third-order valence-corrected chi connectivity index (χ3v) is 4.24. The van der Waals surface area contributed by atoms with Crippen molar-refractivity contribution in [1.82, 2.24) is 4.98 Å². The van der Waals surface area contributed by atoms with Gasteiger partial charge in [0.1, 0.15) is 5.75 Å². The number of ether oxygens (including phenoxy) is 2. The third kappa shape index (κ3) is 4.03. The predicted octanol–water partition coefficient (Wildman–Crippen LogP) is 3.03. The fraction of sp³-hybridized carbons (Fsp3) is 0.190. The lowest BCUT2D eigenvalue weighted by atomic mass is 10.1. The summed E-state index contributed by atoms with van der Waals surface area (Å²) in [7, 11) is 1.50. The van der Waals surface area contributed by atoms with Crippen LogP contribution in [0.1, 0.15) is 22.8 Å². The molecule has 0 radical (unpaired) electrons. The molecular weight excluding hydrogens is 360 g/mol. The summed E-state index contributed by atoms with van der Waals surface area (Å²) >= 11 is 0. The highest BCUT2D eigenvalue weighted by molar-refractivity contribution is 6.04. The zero-order valence-electron chi connectivity index (χ0n) is 15.7. The van der Waals surface area contributed by atoms with E-state index in [2.05, 4.69) is 10.3 Å². The monoisotopic (exact) mass is 380 g/mol. The summed E-state index contributed by atoms with van der Waals surface area (Å²) in [5, 5.41) is 3.24. The highest BCUT2D eigenvalue weighted by Crippen LogP contribution is 2.25. The standard InChI is InChI=1S/C21H20N2O5/c1-12-8-9-18(27-3)17(10-12)23-20(25)13(2)28-21(26)15-11-19(24)22-16-7-5-4-6-14(15)16/h4-11,13H,1-3H3,(H,22,24)(H,23,25). The fourth-order valence-electron chi connectivity index (χ4n) is 2.80. The molecule has 0 saturated heterocycles. The van der Waals surface area contributed by atoms with Crippen molar-refractivity contribution in [3.8, 4) is 5.75 Å². The molecule has 144 valence electrons. The number of aromatic nitrogens is 1. The molecule has 0 spiro atoms. The van der Waals surface area contributed by atoms with Gasteiger partial charge in [-0.1, -0.05) is 24.3 Å². The summed E-state index contributed by atoms with van der Waals surface area (Å²) < 4.78 is 10.5. The summed E-state index contributed by atoms with van der Waals surface area (Å²) in [6, 6.07) is 13.4. The van der Waals surface area contributed by atoms with E-state index in [0.29, 0.717) is 22.3 Å². The fourth-order valence-corrected chi connectivity index (χ4v) is 2.80. The second kappa shape index (κ2) is 7.96. The van der Waals surface area contributed by atoms with Gasteiger partial charge in [0.2, 0.25) is 5.56 Å². The predicted molar refractivity (Wildman–Crippen MR) is 106 cm³/mol. The Balaban J connectivity index is 1.79. The molecule has 1 atom stereocenters. The maximum absolute atomic E-state index is 12.6. The topological polar surface area (TPSA) is 97.5 Å². The maximum atomic E-state index is 12.6. The minimum absolute atomic E-state index is 0.104. The Morgan fingerprint density at radius 3 is 2.61 bits per heavy atom. The summed E-state index contributed by atoms with van der Waals surface area (Å²) in [6.45, 7) is 3.35. The van der Waals surface area contributed by atoms with Gasteiger partial charge in [-0.3, -0.25) is 9.59 Å². The number of pyridine rings is 1. The Morgan fingerprint density at radius 2 is 1.86 bits per heavy atom. The molecule has 0 saturated carbocycles. The normalized spacial score (nSPS) is 11.7. The van der Waals surface area contributed by atoms with Gasteiger partial charge in [-0.25, -0.2) is 4.79 Å². The van der Waals surface area contributed by atoms with E-state index in [-0.39, 0.29) is 5.56 Å². The number of methoxy groups -OCH3 is 1. The van der Waals surface area contributed by atoms with E-state index in [9.17, 15) is 14.4 Å². The van der Waals surface area contributed by atoms with Crippen molar-refractivity contribution in [2.75, 3.05) is 12.4 Å². The SMILES string of the molecule is COc1ccc(C)cc1NC(=O)C(C)OC(=O)c1cc(=O)[nH]c2ccccc12. The lowest BCUT2D eigenvalue weighted by Crippen LogP contribution is -2.30. The van der Waals surface area contributed by atoms with E-state index in [0.717, 1.165) is 5.56 Å². The molecule has 0 fully saturated rings. The number of hydrogen-bond acceptors (Lipinski definition) is 5. The number of carbonyl (C=O) groups excluding carboxylic acids is 2. The molecule has 1 heterocycles. The zero-order valence-corrected chi connectivity index (χ0v) is 15.7. The van der Waals surface area contributed by atoms with Crippen molar-refractivity contribution in [1.29, 1.82) is 0 Å². The Kier molecular flexibility index (Phi) is 5.44. The van der Waals surface area contributed by atoms with Crippen molar-refractivity contribution < 1.29 is 19.1 Å². The van der Waals surface area contributed by atoms with Gasteiger partial charge in [0.25, 0.3) is 5.91 Å². The van der Waals surface area contributed by atoms with Crippen LogP contribution in [0, 0.1) is 6.92 Å². The van der Waals surface area contributed by atoms with Crippen LogP contribution in [0.5, 0.6) is 5.75 Å². The van der Waals surface area contributed by atoms with Crippen LogP contribution >= 0.6 is 0 Å². The van der Waals surface area contributed by atoms with E-state index in [1.54, 1.807) is 36.4 Å². The average Bonchev–Trinajstić information content (AvgIpc) is 2.67. The van der Waals surface area contributed by atoms with Gasteiger partial charge in [0, 0.05) is 17.0 Å². The quantitative estimate of drug-likeness (QED) is 0.663. The van der Waals surface area contributed by atoms with Gasteiger partial charge in [-0.05, 0) is 37.6 Å². The Hall–Kier alpha value is -3.61. The van der Waals surface area contributed by atoms with Crippen LogP contribution in [0.3, 0.4) is 0 Å². The molecule has 7 heteroatoms. The Bertz CT molecular complexity index is 1100. The first-order chi connectivity index (χ1) is 13.4. The molecule has 28 heavy (non-hydrogen) atoms. The van der Waals surface area contributed by atoms with E-state index < -0.39 is 23.5 Å². The maximum Gasteiger partial charge on any atom is 0.339 e. The second-order valence-corrected chi connectivity index (χ2v) is 6.33. The first kappa shape index (κ1) is 19.2. The minimum atomic E-state index is -1.07. The number of fused-ring (bicyclic) bond motifs is 1. The summed E-state index contributed by atoms with van der Waals surface area (Å²) in [5.41, 5.74) is 1.62. The zero-order chi connectivity index (χ0) is 20.3. The van der Waals surface area contributed by atoms with Gasteiger partial charge in [0.05, 0.1) is 18.4 Å². The lowest BCUT2D eigenvalue weighted by Gasteiger charge is -2.16. The number of H-pyrrole nitrogens is 1. The first-order valence-electron chi connectivity index (χ1n) is 8.67.